The molecule has 0 fully saturated rings. The minimum atomic E-state index is 0.875. The number of allylic oxidation sites excluding steroid dienone is 1. The first-order chi connectivity index (χ1) is 3.39. The van der Waals surface area contributed by atoms with Crippen molar-refractivity contribution < 1.29 is 4.84 Å². The molecule has 0 saturated carbocycles. The van der Waals surface area contributed by atoms with Gasteiger partial charge in [0.15, 0.2) is 0 Å². The van der Waals surface area contributed by atoms with Crippen LogP contribution in [0.4, 0.5) is 0 Å². The summed E-state index contributed by atoms with van der Waals surface area (Å²) in [6.07, 6.45) is 4.38. The zero-order chi connectivity index (χ0) is 5.11. The monoisotopic (exact) mass is 97.1 g/mol. The van der Waals surface area contributed by atoms with Crippen molar-refractivity contribution in [2.75, 3.05) is 0 Å². The van der Waals surface area contributed by atoms with Gasteiger partial charge in [0.05, 0.1) is 0 Å². The van der Waals surface area contributed by atoms with Gasteiger partial charge in [-0.3, -0.25) is 0 Å². The Hall–Kier alpha value is -0.920. The van der Waals surface area contributed by atoms with E-state index < -0.39 is 0 Å². The second-order valence-corrected chi connectivity index (χ2v) is 1.40. The van der Waals surface area contributed by atoms with Gasteiger partial charge in [0.25, 0.3) is 0 Å². The average Bonchev–Trinajstić information content (AvgIpc) is 1.69. The average molecular weight is 97.1 g/mol. The topological polar surface area (TPSA) is 21.3 Å². The van der Waals surface area contributed by atoms with Crippen molar-refractivity contribution in [2.45, 2.75) is 6.42 Å². The van der Waals surface area contributed by atoms with E-state index in [9.17, 15) is 0 Å². The molecule has 0 atom stereocenters. The quantitative estimate of drug-likeness (QED) is 0.485. The lowest BCUT2D eigenvalue weighted by Crippen LogP contribution is -2.11. The van der Waals surface area contributed by atoms with Crippen LogP contribution in [0.15, 0.2) is 24.6 Å². The van der Waals surface area contributed by atoms with Crippen LogP contribution in [0.2, 0.25) is 0 Å². The molecule has 0 unspecified atom stereocenters. The summed E-state index contributed by atoms with van der Waals surface area (Å²) >= 11 is 0. The zero-order valence-corrected chi connectivity index (χ0v) is 3.98. The van der Waals surface area contributed by atoms with Crippen molar-refractivity contribution in [1.29, 1.82) is 0 Å². The highest BCUT2D eigenvalue weighted by Gasteiger charge is 1.91. The van der Waals surface area contributed by atoms with Crippen LogP contribution >= 0.6 is 0 Å². The Morgan fingerprint density at radius 3 is 3.00 bits per heavy atom. The lowest BCUT2D eigenvalue weighted by molar-refractivity contribution is 0.153. The van der Waals surface area contributed by atoms with E-state index in [4.69, 9.17) is 0 Å². The Kier molecular flexibility index (Phi) is 1.02. The first kappa shape index (κ1) is 4.24. The molecule has 0 spiro atoms. The largest absolute Gasteiger partial charge is 0.391 e. The molecule has 0 aromatic heterocycles. The van der Waals surface area contributed by atoms with Crippen molar-refractivity contribution in [3.05, 3.63) is 24.6 Å². The lowest BCUT2D eigenvalue weighted by Gasteiger charge is -2.08. The van der Waals surface area contributed by atoms with E-state index in [-0.39, 0.29) is 0 Å². The summed E-state index contributed by atoms with van der Waals surface area (Å²) in [7, 11) is 0. The number of hydrogen-bond donors (Lipinski definition) is 1. The number of hydrogen-bond acceptors (Lipinski definition) is 2. The molecule has 1 heterocycles. The third-order valence-electron chi connectivity index (χ3n) is 0.732. The fourth-order valence-electron chi connectivity index (χ4n) is 0.398. The van der Waals surface area contributed by atoms with E-state index in [0.29, 0.717) is 0 Å². The third kappa shape index (κ3) is 0.961. The molecule has 0 aromatic carbocycles. The summed E-state index contributed by atoms with van der Waals surface area (Å²) in [5.41, 5.74) is 3.51. The zero-order valence-electron chi connectivity index (χ0n) is 3.98. The second-order valence-electron chi connectivity index (χ2n) is 1.40. The van der Waals surface area contributed by atoms with Crippen LogP contribution in [-0.2, 0) is 4.84 Å². The van der Waals surface area contributed by atoms with Gasteiger partial charge in [-0.1, -0.05) is 6.58 Å². The number of rotatable bonds is 0. The molecule has 1 rings (SSSR count). The van der Waals surface area contributed by atoms with Crippen LogP contribution in [0.3, 0.4) is 0 Å². The molecule has 2 heteroatoms. The Labute approximate surface area is 42.4 Å². The maximum atomic E-state index is 4.65. The second kappa shape index (κ2) is 1.69. The molecule has 38 valence electrons. The smallest absolute Gasteiger partial charge is 0.115 e. The minimum absolute atomic E-state index is 0.875. The molecule has 1 aliphatic heterocycles. The summed E-state index contributed by atoms with van der Waals surface area (Å²) in [5.74, 6) is 0. The van der Waals surface area contributed by atoms with Gasteiger partial charge in [-0.15, -0.1) is 0 Å². The van der Waals surface area contributed by atoms with Crippen LogP contribution in [0.1, 0.15) is 6.42 Å². The predicted octanol–water partition coefficient (Wildman–Crippen LogP) is 0.939. The Balaban J connectivity index is 2.47. The summed E-state index contributed by atoms with van der Waals surface area (Å²) < 4.78 is 0. The van der Waals surface area contributed by atoms with Gasteiger partial charge in [0.1, 0.15) is 6.26 Å². The van der Waals surface area contributed by atoms with E-state index in [1.165, 1.54) is 0 Å². The van der Waals surface area contributed by atoms with Gasteiger partial charge in [-0.05, 0) is 6.08 Å². The van der Waals surface area contributed by atoms with E-state index >= 15 is 0 Å². The molecular weight excluding hydrogens is 90.1 g/mol. The van der Waals surface area contributed by atoms with Crippen molar-refractivity contribution >= 4 is 0 Å². The number of hydroxylamine groups is 1. The van der Waals surface area contributed by atoms with E-state index in [2.05, 4.69) is 16.9 Å². The molecule has 7 heavy (non-hydrogen) atoms. The molecule has 1 N–H and O–H groups in total. The fourth-order valence-corrected chi connectivity index (χ4v) is 0.398. The van der Waals surface area contributed by atoms with Gasteiger partial charge in [0, 0.05) is 12.1 Å². The molecule has 0 saturated heterocycles. The Morgan fingerprint density at radius 1 is 1.86 bits per heavy atom. The van der Waals surface area contributed by atoms with Crippen molar-refractivity contribution in [1.82, 2.24) is 5.48 Å². The van der Waals surface area contributed by atoms with Crippen molar-refractivity contribution in [3.63, 3.8) is 0 Å². The Morgan fingerprint density at radius 2 is 2.71 bits per heavy atom. The van der Waals surface area contributed by atoms with Crippen LogP contribution in [0.25, 0.3) is 0 Å². The highest BCUT2D eigenvalue weighted by molar-refractivity contribution is 4.99. The molecule has 0 radical (unpaired) electrons. The van der Waals surface area contributed by atoms with Crippen LogP contribution in [0, 0.1) is 0 Å². The van der Waals surface area contributed by atoms with Gasteiger partial charge < -0.3 is 4.84 Å². The fraction of sp³-hybridized carbons (Fsp3) is 0.200. The van der Waals surface area contributed by atoms with Gasteiger partial charge in [0.2, 0.25) is 0 Å². The minimum Gasteiger partial charge on any atom is -0.391 e. The highest BCUT2D eigenvalue weighted by atomic mass is 16.6. The standard InChI is InChI=1S/C5H7NO/c1-5-3-2-4-7-6-5/h2,4,6H,1,3H2. The molecule has 2 nitrogen and oxygen atoms in total. The number of nitrogens with one attached hydrogen (secondary N) is 1. The van der Waals surface area contributed by atoms with Crippen LogP contribution in [0.5, 0.6) is 0 Å². The van der Waals surface area contributed by atoms with Crippen molar-refractivity contribution in [3.8, 4) is 0 Å². The first-order valence-corrected chi connectivity index (χ1v) is 2.14. The molecule has 0 amide bonds. The summed E-state index contributed by atoms with van der Waals surface area (Å²) in [6.45, 7) is 3.63. The SMILES string of the molecule is C=C1CC=CON1. The van der Waals surface area contributed by atoms with E-state index in [1.54, 1.807) is 6.26 Å². The van der Waals surface area contributed by atoms with Crippen molar-refractivity contribution in [2.24, 2.45) is 0 Å². The van der Waals surface area contributed by atoms with Crippen LogP contribution in [-0.4, -0.2) is 0 Å². The lowest BCUT2D eigenvalue weighted by atomic mass is 10.3. The first-order valence-electron chi connectivity index (χ1n) is 2.14. The third-order valence-corrected chi connectivity index (χ3v) is 0.732. The molecular formula is C5H7NO. The summed E-state index contributed by atoms with van der Waals surface area (Å²) in [5, 5.41) is 0. The maximum absolute atomic E-state index is 4.65. The summed E-state index contributed by atoms with van der Waals surface area (Å²) in [4.78, 5) is 4.65. The molecule has 0 bridgehead atoms. The maximum Gasteiger partial charge on any atom is 0.115 e. The van der Waals surface area contributed by atoms with Crippen LogP contribution < -0.4 is 5.48 Å². The summed E-state index contributed by atoms with van der Waals surface area (Å²) in [6, 6.07) is 0. The predicted molar refractivity (Wildman–Crippen MR) is 27.1 cm³/mol. The molecule has 0 aromatic rings. The molecule has 1 aliphatic rings. The van der Waals surface area contributed by atoms with Gasteiger partial charge in [-0.2, -0.15) is 0 Å². The van der Waals surface area contributed by atoms with E-state index in [1.807, 2.05) is 6.08 Å². The normalized spacial score (nSPS) is 18.0. The van der Waals surface area contributed by atoms with Gasteiger partial charge in [-0.25, -0.2) is 5.48 Å². The van der Waals surface area contributed by atoms with E-state index in [0.717, 1.165) is 12.1 Å². The Bertz CT molecular complexity index is 107. The highest BCUT2D eigenvalue weighted by Crippen LogP contribution is 1.98. The molecule has 0 aliphatic carbocycles. The van der Waals surface area contributed by atoms with Gasteiger partial charge >= 0.3 is 0 Å².